The van der Waals surface area contributed by atoms with E-state index in [1.165, 1.54) is 105 Å². The Hall–Kier alpha value is -8.14. The lowest BCUT2D eigenvalue weighted by atomic mass is 9.80. The van der Waals surface area contributed by atoms with Gasteiger partial charge in [0, 0.05) is 45.0 Å². The number of rotatable bonds is 5. The van der Waals surface area contributed by atoms with Gasteiger partial charge in [0.05, 0.1) is 22.1 Å². The van der Waals surface area contributed by atoms with Crippen LogP contribution >= 0.6 is 0 Å². The normalized spacial score (nSPS) is 13.0. The molecule has 2 heterocycles. The van der Waals surface area contributed by atoms with E-state index in [4.69, 9.17) is 9.97 Å². The second kappa shape index (κ2) is 13.9. The lowest BCUT2D eigenvalue weighted by Crippen LogP contribution is -2.15. The van der Waals surface area contributed by atoms with Gasteiger partial charge in [-0.25, -0.2) is 0 Å². The fourth-order valence-corrected chi connectivity index (χ4v) is 10.7. The molecule has 300 valence electrons. The molecule has 0 saturated heterocycles. The number of aromatic nitrogens is 3. The largest absolute Gasteiger partial charge is 0.309 e. The van der Waals surface area contributed by atoms with E-state index in [0.29, 0.717) is 0 Å². The summed E-state index contributed by atoms with van der Waals surface area (Å²) in [6.45, 7) is 4.75. The van der Waals surface area contributed by atoms with Crippen LogP contribution in [-0.4, -0.2) is 14.5 Å². The monoisotopic (exact) mass is 815 g/mol. The van der Waals surface area contributed by atoms with Crippen LogP contribution in [0.15, 0.2) is 213 Å². The highest BCUT2D eigenvalue weighted by Crippen LogP contribution is 2.51. The van der Waals surface area contributed by atoms with Crippen molar-refractivity contribution in [2.75, 3.05) is 0 Å². The highest BCUT2D eigenvalue weighted by molar-refractivity contribution is 6.23. The third kappa shape index (κ3) is 5.54. The van der Waals surface area contributed by atoms with Gasteiger partial charge in [0.2, 0.25) is 0 Å². The second-order valence-corrected chi connectivity index (χ2v) is 17.8. The topological polar surface area (TPSA) is 30.7 Å². The maximum Gasteiger partial charge on any atom is 0.0971 e. The average Bonchev–Trinajstić information content (AvgIpc) is 3.81. The molecule has 3 nitrogen and oxygen atoms in total. The molecule has 1 aliphatic rings. The van der Waals surface area contributed by atoms with Crippen LogP contribution in [0.1, 0.15) is 25.0 Å². The van der Waals surface area contributed by atoms with Crippen molar-refractivity contribution in [1.29, 1.82) is 0 Å². The first-order valence-electron chi connectivity index (χ1n) is 22.1. The van der Waals surface area contributed by atoms with E-state index in [1.54, 1.807) is 12.4 Å². The summed E-state index contributed by atoms with van der Waals surface area (Å²) in [5, 5.41) is 7.19. The van der Waals surface area contributed by atoms with Crippen molar-refractivity contribution in [2.45, 2.75) is 19.3 Å². The van der Waals surface area contributed by atoms with Crippen molar-refractivity contribution in [3.8, 4) is 61.3 Å². The molecule has 0 radical (unpaired) electrons. The first-order chi connectivity index (χ1) is 31.5. The number of fused-ring (bicyclic) bond motifs is 12. The molecule has 0 N–H and O–H groups in total. The summed E-state index contributed by atoms with van der Waals surface area (Å²) in [6.07, 6.45) is 3.59. The summed E-state index contributed by atoms with van der Waals surface area (Å²) in [5.74, 6) is 0. The Kier molecular flexibility index (Phi) is 7.95. The fraction of sp³-hybridized carbons (Fsp3) is 0.0492. The van der Waals surface area contributed by atoms with Crippen molar-refractivity contribution in [3.63, 3.8) is 0 Å². The van der Waals surface area contributed by atoms with Gasteiger partial charge in [0.15, 0.2) is 0 Å². The summed E-state index contributed by atoms with van der Waals surface area (Å²) >= 11 is 0. The molecule has 3 heteroatoms. The maximum absolute atomic E-state index is 4.84. The predicted octanol–water partition coefficient (Wildman–Crippen LogP) is 16.0. The van der Waals surface area contributed by atoms with E-state index >= 15 is 0 Å². The molecule has 0 bridgehead atoms. The number of hydrogen-bond acceptors (Lipinski definition) is 2. The number of nitrogens with zero attached hydrogens (tertiary/aromatic N) is 3. The Morgan fingerprint density at radius 2 is 0.781 bits per heavy atom. The van der Waals surface area contributed by atoms with Crippen molar-refractivity contribution >= 4 is 54.4 Å². The molecule has 64 heavy (non-hydrogen) atoms. The van der Waals surface area contributed by atoms with Crippen LogP contribution in [0.4, 0.5) is 0 Å². The zero-order valence-corrected chi connectivity index (χ0v) is 35.5. The van der Waals surface area contributed by atoms with Crippen LogP contribution in [0.25, 0.3) is 116 Å². The highest BCUT2D eigenvalue weighted by Gasteiger charge is 2.36. The molecule has 0 aliphatic heterocycles. The van der Waals surface area contributed by atoms with Crippen molar-refractivity contribution in [2.24, 2.45) is 0 Å². The summed E-state index contributed by atoms with van der Waals surface area (Å²) in [6, 6.07) is 73.8. The van der Waals surface area contributed by atoms with Gasteiger partial charge >= 0.3 is 0 Å². The Balaban J connectivity index is 0.832. The molecule has 0 atom stereocenters. The summed E-state index contributed by atoms with van der Waals surface area (Å²) in [7, 11) is 0. The first-order valence-corrected chi connectivity index (χ1v) is 22.1. The minimum atomic E-state index is -0.178. The second-order valence-electron chi connectivity index (χ2n) is 17.8. The molecular weight excluding hydrogens is 775 g/mol. The lowest BCUT2D eigenvalue weighted by Gasteiger charge is -2.23. The van der Waals surface area contributed by atoms with Crippen LogP contribution in [-0.2, 0) is 5.41 Å². The van der Waals surface area contributed by atoms with Gasteiger partial charge in [0.1, 0.15) is 0 Å². The Morgan fingerprint density at radius 3 is 1.42 bits per heavy atom. The van der Waals surface area contributed by atoms with E-state index in [1.807, 2.05) is 0 Å². The van der Waals surface area contributed by atoms with Crippen LogP contribution in [0.2, 0.25) is 0 Å². The predicted molar refractivity (Wildman–Crippen MR) is 268 cm³/mol. The van der Waals surface area contributed by atoms with Crippen LogP contribution in [0.3, 0.4) is 0 Å². The van der Waals surface area contributed by atoms with Gasteiger partial charge in [-0.05, 0) is 138 Å². The van der Waals surface area contributed by atoms with Crippen LogP contribution in [0.5, 0.6) is 0 Å². The molecule has 1 aliphatic carbocycles. The van der Waals surface area contributed by atoms with E-state index in [2.05, 4.69) is 219 Å². The van der Waals surface area contributed by atoms with Crippen molar-refractivity contribution in [3.05, 3.63) is 224 Å². The summed E-state index contributed by atoms with van der Waals surface area (Å²) < 4.78 is 2.37. The lowest BCUT2D eigenvalue weighted by molar-refractivity contribution is 0.661. The molecule has 13 rings (SSSR count). The smallest absolute Gasteiger partial charge is 0.0971 e. The van der Waals surface area contributed by atoms with Gasteiger partial charge in [-0.2, -0.15) is 0 Å². The van der Waals surface area contributed by atoms with Crippen molar-refractivity contribution in [1.82, 2.24) is 14.5 Å². The SMILES string of the molecule is CC1(C)c2cc(-c3cccc(-c4cccc(-c5ccc6c(c5)c5ccccc5n6-c5ccccc5)c4)c3)ccc2-c2ccc(-c3ccc4c5ccccc5c5nccnc5c4c3)cc21. The zero-order chi connectivity index (χ0) is 42.5. The van der Waals surface area contributed by atoms with E-state index < -0.39 is 0 Å². The van der Waals surface area contributed by atoms with Crippen LogP contribution in [0, 0.1) is 0 Å². The minimum absolute atomic E-state index is 0.178. The number of para-hydroxylation sites is 2. The van der Waals surface area contributed by atoms with Gasteiger partial charge in [-0.3, -0.25) is 9.97 Å². The van der Waals surface area contributed by atoms with Crippen molar-refractivity contribution < 1.29 is 0 Å². The standard InChI is InChI=1S/C61H41N3/c1-61(2)55-36-44(23-27-49(55)50-28-24-45(37-56(50)61)42-22-26-48-47-18-6-7-20-52(47)59-60(54(48)35-42)63-31-30-62-59)41-15-11-13-39(33-41)38-12-10-14-40(32-38)43-25-29-58-53(34-43)51-19-8-9-21-57(51)64(58)46-16-4-3-5-17-46/h3-37H,1-2H3. The zero-order valence-electron chi connectivity index (χ0n) is 35.5. The fourth-order valence-electron chi connectivity index (χ4n) is 10.7. The third-order valence-corrected chi connectivity index (χ3v) is 13.9. The third-order valence-electron chi connectivity index (χ3n) is 13.9. The molecule has 2 aromatic heterocycles. The summed E-state index contributed by atoms with van der Waals surface area (Å²) in [5.41, 5.74) is 20.3. The molecule has 0 spiro atoms. The Morgan fingerprint density at radius 1 is 0.328 bits per heavy atom. The molecule has 0 saturated carbocycles. The van der Waals surface area contributed by atoms with Gasteiger partial charge < -0.3 is 4.57 Å². The Labute approximate surface area is 371 Å². The molecular formula is C61H41N3. The number of hydrogen-bond donors (Lipinski definition) is 0. The molecule has 10 aromatic carbocycles. The molecule has 0 unspecified atom stereocenters. The van der Waals surface area contributed by atoms with E-state index in [-0.39, 0.29) is 5.41 Å². The first kappa shape index (κ1) is 36.5. The summed E-state index contributed by atoms with van der Waals surface area (Å²) in [4.78, 5) is 9.61. The molecule has 0 fully saturated rings. The quantitative estimate of drug-likeness (QED) is 0.162. The highest BCUT2D eigenvalue weighted by atomic mass is 15.0. The van der Waals surface area contributed by atoms with Gasteiger partial charge in [-0.15, -0.1) is 0 Å². The minimum Gasteiger partial charge on any atom is -0.309 e. The van der Waals surface area contributed by atoms with Crippen LogP contribution < -0.4 is 0 Å². The molecule has 12 aromatic rings. The number of benzene rings is 10. The maximum atomic E-state index is 4.84. The van der Waals surface area contributed by atoms with E-state index in [0.717, 1.165) is 21.8 Å². The molecule has 0 amide bonds. The Bertz CT molecular complexity index is 3840. The van der Waals surface area contributed by atoms with E-state index in [9.17, 15) is 0 Å². The average molecular weight is 816 g/mol. The van der Waals surface area contributed by atoms with Gasteiger partial charge in [0.25, 0.3) is 0 Å². The van der Waals surface area contributed by atoms with Gasteiger partial charge in [-0.1, -0.05) is 153 Å².